The summed E-state index contributed by atoms with van der Waals surface area (Å²) in [6.45, 7) is -0.567. The van der Waals surface area contributed by atoms with Crippen LogP contribution in [-0.2, 0) is 4.84 Å². The molecule has 7 heteroatoms. The van der Waals surface area contributed by atoms with Crippen molar-refractivity contribution in [2.45, 2.75) is 24.5 Å². The average molecular weight is 181 g/mol. The van der Waals surface area contributed by atoms with Gasteiger partial charge in [-0.1, -0.05) is 0 Å². The number of nitrogens with zero attached hydrogens (tertiary/aromatic N) is 1. The van der Waals surface area contributed by atoms with Gasteiger partial charge in [-0.3, -0.25) is 10.0 Å². The van der Waals surface area contributed by atoms with Gasteiger partial charge in [0.05, 0.1) is 6.61 Å². The minimum Gasteiger partial charge on any atom is -0.393 e. The SMILES string of the molecule is OC[C@H]1ON(O)[C@@H](O)[C@H](O)[C@H]1O. The lowest BCUT2D eigenvalue weighted by atomic mass is 10.1. The van der Waals surface area contributed by atoms with Gasteiger partial charge in [0.15, 0.2) is 6.23 Å². The third kappa shape index (κ3) is 1.57. The minimum atomic E-state index is -1.71. The number of aliphatic hydroxyl groups is 4. The Hall–Kier alpha value is -0.280. The fourth-order valence-electron chi connectivity index (χ4n) is 0.932. The van der Waals surface area contributed by atoms with Crippen LogP contribution in [0, 0.1) is 0 Å². The summed E-state index contributed by atoms with van der Waals surface area (Å²) in [4.78, 5) is 4.41. The van der Waals surface area contributed by atoms with Crippen LogP contribution in [0.15, 0.2) is 0 Å². The number of hydrogen-bond donors (Lipinski definition) is 5. The van der Waals surface area contributed by atoms with Gasteiger partial charge in [0, 0.05) is 0 Å². The lowest BCUT2D eigenvalue weighted by Gasteiger charge is -2.37. The van der Waals surface area contributed by atoms with Crippen LogP contribution < -0.4 is 0 Å². The van der Waals surface area contributed by atoms with Crippen LogP contribution in [0.3, 0.4) is 0 Å². The maximum Gasteiger partial charge on any atom is 0.185 e. The van der Waals surface area contributed by atoms with Crippen molar-refractivity contribution < 1.29 is 30.5 Å². The molecule has 72 valence electrons. The summed E-state index contributed by atoms with van der Waals surface area (Å²) in [6.07, 6.45) is -5.83. The van der Waals surface area contributed by atoms with Crippen LogP contribution >= 0.6 is 0 Å². The lowest BCUT2D eigenvalue weighted by molar-refractivity contribution is -0.460. The predicted molar refractivity (Wildman–Crippen MR) is 33.6 cm³/mol. The molecule has 0 aliphatic carbocycles. The summed E-state index contributed by atoms with van der Waals surface area (Å²) in [5.74, 6) is 0. The number of rotatable bonds is 1. The molecule has 0 aromatic rings. The van der Waals surface area contributed by atoms with Crippen LogP contribution in [0.4, 0.5) is 0 Å². The second-order valence-electron chi connectivity index (χ2n) is 2.52. The number of aliphatic hydroxyl groups excluding tert-OH is 4. The van der Waals surface area contributed by atoms with Gasteiger partial charge in [-0.15, -0.1) is 0 Å². The molecule has 0 radical (unpaired) electrons. The molecule has 1 rings (SSSR count). The molecule has 0 bridgehead atoms. The molecular weight excluding hydrogens is 170 g/mol. The molecule has 0 saturated carbocycles. The Morgan fingerprint density at radius 1 is 1.17 bits per heavy atom. The van der Waals surface area contributed by atoms with E-state index in [0.717, 1.165) is 0 Å². The van der Waals surface area contributed by atoms with Gasteiger partial charge in [0.2, 0.25) is 0 Å². The minimum absolute atomic E-state index is 0.00171. The van der Waals surface area contributed by atoms with Crippen molar-refractivity contribution in [3.05, 3.63) is 0 Å². The van der Waals surface area contributed by atoms with E-state index in [1.165, 1.54) is 0 Å². The quantitative estimate of drug-likeness (QED) is 0.293. The molecule has 1 fully saturated rings. The van der Waals surface area contributed by atoms with Crippen molar-refractivity contribution in [3.8, 4) is 0 Å². The van der Waals surface area contributed by atoms with E-state index in [1.807, 2.05) is 0 Å². The summed E-state index contributed by atoms with van der Waals surface area (Å²) in [6, 6.07) is 0. The molecule has 5 N–H and O–H groups in total. The van der Waals surface area contributed by atoms with Gasteiger partial charge in [-0.05, 0) is 5.23 Å². The van der Waals surface area contributed by atoms with Crippen LogP contribution in [0.25, 0.3) is 0 Å². The molecule has 0 spiro atoms. The topological polar surface area (TPSA) is 114 Å². The predicted octanol–water partition coefficient (Wildman–Crippen LogP) is -2.98. The van der Waals surface area contributed by atoms with E-state index in [4.69, 9.17) is 25.6 Å². The van der Waals surface area contributed by atoms with Crippen LogP contribution in [-0.4, -0.2) is 62.0 Å². The van der Waals surface area contributed by atoms with E-state index < -0.39 is 31.1 Å². The van der Waals surface area contributed by atoms with E-state index >= 15 is 0 Å². The summed E-state index contributed by atoms with van der Waals surface area (Å²) >= 11 is 0. The highest BCUT2D eigenvalue weighted by molar-refractivity contribution is 4.82. The first kappa shape index (κ1) is 9.81. The van der Waals surface area contributed by atoms with Gasteiger partial charge >= 0.3 is 0 Å². The van der Waals surface area contributed by atoms with Crippen LogP contribution in [0.2, 0.25) is 0 Å². The van der Waals surface area contributed by atoms with E-state index in [0.29, 0.717) is 0 Å². The molecule has 4 atom stereocenters. The molecule has 0 amide bonds. The summed E-state index contributed by atoms with van der Waals surface area (Å²) < 4.78 is 0. The zero-order valence-electron chi connectivity index (χ0n) is 6.11. The lowest BCUT2D eigenvalue weighted by Crippen LogP contribution is -2.59. The zero-order valence-corrected chi connectivity index (χ0v) is 6.11. The standard InChI is InChI=1S/C5H11NO6/c7-1-2-3(8)4(9)5(10)6(11)12-2/h2-5,7-11H,1H2/t2-,3+,4-,5+/m1/s1. The van der Waals surface area contributed by atoms with Crippen molar-refractivity contribution in [2.24, 2.45) is 0 Å². The number of hydrogen-bond acceptors (Lipinski definition) is 7. The molecule has 7 nitrogen and oxygen atoms in total. The Balaban J connectivity index is 2.63. The highest BCUT2D eigenvalue weighted by atomic mass is 16.9. The Morgan fingerprint density at radius 3 is 2.25 bits per heavy atom. The molecule has 1 saturated heterocycles. The van der Waals surface area contributed by atoms with Crippen LogP contribution in [0.1, 0.15) is 0 Å². The molecule has 1 aliphatic heterocycles. The molecule has 0 aromatic carbocycles. The fraction of sp³-hybridized carbons (Fsp3) is 1.00. The second kappa shape index (κ2) is 3.62. The second-order valence-corrected chi connectivity index (χ2v) is 2.52. The highest BCUT2D eigenvalue weighted by Crippen LogP contribution is 2.17. The number of hydroxylamine groups is 2. The summed E-state index contributed by atoms with van der Waals surface area (Å²) in [7, 11) is 0. The Bertz CT molecular complexity index is 150. The largest absolute Gasteiger partial charge is 0.393 e. The summed E-state index contributed by atoms with van der Waals surface area (Å²) in [5.41, 5.74) is 0. The monoisotopic (exact) mass is 181 g/mol. The highest BCUT2D eigenvalue weighted by Gasteiger charge is 2.42. The third-order valence-corrected chi connectivity index (χ3v) is 1.69. The van der Waals surface area contributed by atoms with Gasteiger partial charge in [0.25, 0.3) is 0 Å². The summed E-state index contributed by atoms with van der Waals surface area (Å²) in [5, 5.41) is 44.3. The average Bonchev–Trinajstić information content (AvgIpc) is 2.08. The first-order valence-electron chi connectivity index (χ1n) is 3.38. The Labute approximate surface area is 67.9 Å². The Kier molecular flexibility index (Phi) is 2.96. The molecule has 12 heavy (non-hydrogen) atoms. The third-order valence-electron chi connectivity index (χ3n) is 1.69. The van der Waals surface area contributed by atoms with Crippen LogP contribution in [0.5, 0.6) is 0 Å². The van der Waals surface area contributed by atoms with E-state index in [2.05, 4.69) is 4.84 Å². The molecule has 0 unspecified atom stereocenters. The maximum absolute atomic E-state index is 9.09. The van der Waals surface area contributed by atoms with Crippen molar-refractivity contribution >= 4 is 0 Å². The zero-order chi connectivity index (χ0) is 9.30. The van der Waals surface area contributed by atoms with Gasteiger partial charge < -0.3 is 20.4 Å². The normalized spacial score (nSPS) is 44.8. The van der Waals surface area contributed by atoms with E-state index in [-0.39, 0.29) is 5.23 Å². The van der Waals surface area contributed by atoms with Gasteiger partial charge in [0.1, 0.15) is 18.3 Å². The maximum atomic E-state index is 9.09. The fourth-order valence-corrected chi connectivity index (χ4v) is 0.932. The van der Waals surface area contributed by atoms with Gasteiger partial charge in [-0.25, -0.2) is 0 Å². The molecular formula is C5H11NO6. The van der Waals surface area contributed by atoms with E-state index in [9.17, 15) is 0 Å². The molecule has 0 aromatic heterocycles. The molecule has 1 aliphatic rings. The molecule has 1 heterocycles. The van der Waals surface area contributed by atoms with Crippen molar-refractivity contribution in [1.82, 2.24) is 5.23 Å². The smallest absolute Gasteiger partial charge is 0.185 e. The van der Waals surface area contributed by atoms with Crippen molar-refractivity contribution in [1.29, 1.82) is 0 Å². The van der Waals surface area contributed by atoms with E-state index in [1.54, 1.807) is 0 Å². The van der Waals surface area contributed by atoms with Gasteiger partial charge in [-0.2, -0.15) is 0 Å². The Morgan fingerprint density at radius 2 is 1.75 bits per heavy atom. The van der Waals surface area contributed by atoms with Crippen molar-refractivity contribution in [2.75, 3.05) is 6.61 Å². The first-order valence-corrected chi connectivity index (χ1v) is 3.38. The first-order chi connectivity index (χ1) is 5.57. The van der Waals surface area contributed by atoms with Crippen molar-refractivity contribution in [3.63, 3.8) is 0 Å².